The molecule has 1 heterocycles. The van der Waals surface area contributed by atoms with Gasteiger partial charge in [-0.25, -0.2) is 13.8 Å². The van der Waals surface area contributed by atoms with Crippen LogP contribution in [0.2, 0.25) is 0 Å². The standard InChI is InChI=1S/C7H8F2N2S/c8-7(9)2-1-4-6(7)12-5(3-10)11-4/h1-3,10H2. The van der Waals surface area contributed by atoms with Gasteiger partial charge in [0, 0.05) is 13.0 Å². The summed E-state index contributed by atoms with van der Waals surface area (Å²) >= 11 is 1.04. The largest absolute Gasteiger partial charge is 0.325 e. The van der Waals surface area contributed by atoms with Crippen LogP contribution < -0.4 is 5.73 Å². The summed E-state index contributed by atoms with van der Waals surface area (Å²) in [6, 6.07) is 0. The molecule has 12 heavy (non-hydrogen) atoms. The molecule has 1 aliphatic carbocycles. The van der Waals surface area contributed by atoms with E-state index in [-0.39, 0.29) is 17.8 Å². The Bertz CT molecular complexity index is 308. The molecular formula is C7H8F2N2S. The van der Waals surface area contributed by atoms with Crippen LogP contribution in [0, 0.1) is 0 Å². The monoisotopic (exact) mass is 190 g/mol. The number of rotatable bonds is 1. The van der Waals surface area contributed by atoms with Crippen molar-refractivity contribution in [2.24, 2.45) is 5.73 Å². The lowest BCUT2D eigenvalue weighted by Crippen LogP contribution is -2.05. The fourth-order valence-electron chi connectivity index (χ4n) is 1.33. The van der Waals surface area contributed by atoms with E-state index in [2.05, 4.69) is 4.98 Å². The molecule has 0 saturated heterocycles. The van der Waals surface area contributed by atoms with Crippen LogP contribution in [0.4, 0.5) is 8.78 Å². The Morgan fingerprint density at radius 3 is 2.92 bits per heavy atom. The molecule has 0 radical (unpaired) electrons. The second-order valence-electron chi connectivity index (χ2n) is 2.79. The minimum atomic E-state index is -2.65. The first-order chi connectivity index (χ1) is 5.63. The van der Waals surface area contributed by atoms with E-state index in [9.17, 15) is 8.78 Å². The van der Waals surface area contributed by atoms with Gasteiger partial charge in [-0.15, -0.1) is 11.3 Å². The molecule has 0 saturated carbocycles. The van der Waals surface area contributed by atoms with Gasteiger partial charge in [-0.3, -0.25) is 0 Å². The molecule has 0 aromatic carbocycles. The van der Waals surface area contributed by atoms with E-state index in [0.717, 1.165) is 11.3 Å². The van der Waals surface area contributed by atoms with Crippen LogP contribution in [0.25, 0.3) is 0 Å². The summed E-state index contributed by atoms with van der Waals surface area (Å²) in [6.07, 6.45) is 0.296. The van der Waals surface area contributed by atoms with Crippen LogP contribution in [0.1, 0.15) is 22.0 Å². The number of aromatic nitrogens is 1. The Kier molecular flexibility index (Phi) is 1.66. The third kappa shape index (κ3) is 1.04. The van der Waals surface area contributed by atoms with Gasteiger partial charge in [0.25, 0.3) is 5.92 Å². The molecule has 1 aromatic rings. The molecule has 0 bridgehead atoms. The molecule has 1 aromatic heterocycles. The molecule has 0 amide bonds. The number of halogens is 2. The minimum Gasteiger partial charge on any atom is -0.325 e. The summed E-state index contributed by atoms with van der Waals surface area (Å²) in [7, 11) is 0. The lowest BCUT2D eigenvalue weighted by atomic mass is 10.3. The van der Waals surface area contributed by atoms with Crippen LogP contribution in [0.15, 0.2) is 0 Å². The molecule has 0 unspecified atom stereocenters. The van der Waals surface area contributed by atoms with E-state index >= 15 is 0 Å². The molecule has 0 spiro atoms. The van der Waals surface area contributed by atoms with Crippen LogP contribution in [-0.4, -0.2) is 4.98 Å². The first-order valence-corrected chi connectivity index (χ1v) is 4.52. The fourth-order valence-corrected chi connectivity index (χ4v) is 2.32. The summed E-state index contributed by atoms with van der Waals surface area (Å²) in [5.74, 6) is -2.65. The molecule has 2 N–H and O–H groups in total. The molecule has 0 atom stereocenters. The molecule has 0 fully saturated rings. The van der Waals surface area contributed by atoms with Gasteiger partial charge in [-0.05, 0) is 6.42 Å². The van der Waals surface area contributed by atoms with E-state index in [0.29, 0.717) is 17.1 Å². The normalized spacial score (nSPS) is 19.6. The van der Waals surface area contributed by atoms with E-state index in [1.165, 1.54) is 0 Å². The van der Waals surface area contributed by atoms with Crippen molar-refractivity contribution in [3.8, 4) is 0 Å². The molecule has 2 rings (SSSR count). The van der Waals surface area contributed by atoms with Gasteiger partial charge < -0.3 is 5.73 Å². The van der Waals surface area contributed by atoms with Gasteiger partial charge in [-0.1, -0.05) is 0 Å². The zero-order valence-electron chi connectivity index (χ0n) is 6.31. The third-order valence-electron chi connectivity index (χ3n) is 1.92. The average molecular weight is 190 g/mol. The number of aryl methyl sites for hydroxylation is 1. The van der Waals surface area contributed by atoms with Crippen LogP contribution >= 0.6 is 11.3 Å². The first kappa shape index (κ1) is 8.07. The number of alkyl halides is 2. The predicted octanol–water partition coefficient (Wildman–Crippen LogP) is 1.64. The molecule has 66 valence electrons. The first-order valence-electron chi connectivity index (χ1n) is 3.70. The topological polar surface area (TPSA) is 38.9 Å². The van der Waals surface area contributed by atoms with Gasteiger partial charge >= 0.3 is 0 Å². The molecule has 1 aliphatic rings. The number of nitrogens with zero attached hydrogens (tertiary/aromatic N) is 1. The molecule has 2 nitrogen and oxygen atoms in total. The maximum absolute atomic E-state index is 13.0. The predicted molar refractivity (Wildman–Crippen MR) is 42.2 cm³/mol. The van der Waals surface area contributed by atoms with E-state index < -0.39 is 5.92 Å². The van der Waals surface area contributed by atoms with E-state index in [4.69, 9.17) is 5.73 Å². The average Bonchev–Trinajstić information content (AvgIpc) is 2.53. The highest BCUT2D eigenvalue weighted by Crippen LogP contribution is 2.44. The van der Waals surface area contributed by atoms with Crippen molar-refractivity contribution in [3.63, 3.8) is 0 Å². The van der Waals surface area contributed by atoms with Crippen molar-refractivity contribution in [3.05, 3.63) is 15.6 Å². The van der Waals surface area contributed by atoms with Crippen LogP contribution in [-0.2, 0) is 18.9 Å². The highest BCUT2D eigenvalue weighted by atomic mass is 32.1. The SMILES string of the molecule is NCc1nc2c(s1)C(F)(F)CC2. The Hall–Kier alpha value is -0.550. The van der Waals surface area contributed by atoms with Crippen LogP contribution in [0.5, 0.6) is 0 Å². The van der Waals surface area contributed by atoms with Crippen molar-refractivity contribution in [2.45, 2.75) is 25.3 Å². The number of hydrogen-bond acceptors (Lipinski definition) is 3. The Morgan fingerprint density at radius 2 is 2.33 bits per heavy atom. The van der Waals surface area contributed by atoms with Gasteiger partial charge in [-0.2, -0.15) is 0 Å². The second-order valence-corrected chi connectivity index (χ2v) is 3.88. The summed E-state index contributed by atoms with van der Waals surface area (Å²) in [5, 5.41) is 0.611. The van der Waals surface area contributed by atoms with E-state index in [1.54, 1.807) is 0 Å². The van der Waals surface area contributed by atoms with Gasteiger partial charge in [0.1, 0.15) is 5.01 Å². The zero-order chi connectivity index (χ0) is 8.77. The maximum atomic E-state index is 13.0. The van der Waals surface area contributed by atoms with Crippen LogP contribution in [0.3, 0.4) is 0 Å². The smallest absolute Gasteiger partial charge is 0.284 e. The van der Waals surface area contributed by atoms with Gasteiger partial charge in [0.2, 0.25) is 0 Å². The van der Waals surface area contributed by atoms with Gasteiger partial charge in [0.15, 0.2) is 0 Å². The number of hydrogen-bond donors (Lipinski definition) is 1. The summed E-state index contributed by atoms with van der Waals surface area (Å²) in [5.41, 5.74) is 5.85. The fraction of sp³-hybridized carbons (Fsp3) is 0.571. The minimum absolute atomic E-state index is 0.0913. The molecule has 5 heteroatoms. The van der Waals surface area contributed by atoms with Crippen molar-refractivity contribution >= 4 is 11.3 Å². The maximum Gasteiger partial charge on any atom is 0.284 e. The number of fused-ring (bicyclic) bond motifs is 1. The lowest BCUT2D eigenvalue weighted by molar-refractivity contribution is 0.00159. The summed E-state index contributed by atoms with van der Waals surface area (Å²) in [4.78, 5) is 4.15. The Labute approximate surface area is 72.4 Å². The molecule has 0 aliphatic heterocycles. The Balaban J connectivity index is 2.44. The van der Waals surface area contributed by atoms with E-state index in [1.807, 2.05) is 0 Å². The van der Waals surface area contributed by atoms with Crippen molar-refractivity contribution < 1.29 is 8.78 Å². The third-order valence-corrected chi connectivity index (χ3v) is 3.16. The van der Waals surface area contributed by atoms with Gasteiger partial charge in [0.05, 0.1) is 10.6 Å². The number of thiazole rings is 1. The second kappa shape index (κ2) is 2.47. The highest BCUT2D eigenvalue weighted by Gasteiger charge is 2.42. The Morgan fingerprint density at radius 1 is 1.58 bits per heavy atom. The number of nitrogens with two attached hydrogens (primary N) is 1. The quantitative estimate of drug-likeness (QED) is 0.731. The summed E-state index contributed by atoms with van der Waals surface area (Å²) < 4.78 is 26.0. The van der Waals surface area contributed by atoms with Crippen molar-refractivity contribution in [1.29, 1.82) is 0 Å². The van der Waals surface area contributed by atoms with Crippen molar-refractivity contribution in [2.75, 3.05) is 0 Å². The summed E-state index contributed by atoms with van der Waals surface area (Å²) in [6.45, 7) is 0.258. The zero-order valence-corrected chi connectivity index (χ0v) is 7.13. The highest BCUT2D eigenvalue weighted by molar-refractivity contribution is 7.11. The lowest BCUT2D eigenvalue weighted by Gasteiger charge is -2.05. The van der Waals surface area contributed by atoms with Crippen molar-refractivity contribution in [1.82, 2.24) is 4.98 Å². The molecular weight excluding hydrogens is 182 g/mol.